The Labute approximate surface area is 102 Å². The van der Waals surface area contributed by atoms with Gasteiger partial charge in [-0.3, -0.25) is 4.98 Å². The summed E-state index contributed by atoms with van der Waals surface area (Å²) >= 11 is 0. The van der Waals surface area contributed by atoms with Gasteiger partial charge in [0.2, 0.25) is 0 Å². The Balaban J connectivity index is 3.24. The number of aromatic nitrogens is 1. The van der Waals surface area contributed by atoms with Crippen LogP contribution in [0, 0.1) is 13.8 Å². The molecule has 17 heavy (non-hydrogen) atoms. The lowest BCUT2D eigenvalue weighted by Crippen LogP contribution is -1.79. The molecular formula is C14H17N3. The van der Waals surface area contributed by atoms with E-state index in [4.69, 9.17) is 5.84 Å². The molecule has 0 aromatic carbocycles. The normalized spacial score (nSPS) is 10.7. The first-order valence-corrected chi connectivity index (χ1v) is 5.40. The van der Waals surface area contributed by atoms with E-state index in [9.17, 15) is 0 Å². The molecule has 3 heteroatoms. The highest BCUT2D eigenvalue weighted by molar-refractivity contribution is 5.77. The van der Waals surface area contributed by atoms with Crippen molar-refractivity contribution in [3.05, 3.63) is 59.4 Å². The molecule has 0 aliphatic rings. The summed E-state index contributed by atoms with van der Waals surface area (Å²) in [5, 5.41) is 3.41. The number of hydrogen-bond acceptors (Lipinski definition) is 3. The summed E-state index contributed by atoms with van der Waals surface area (Å²) in [6.45, 7) is 4.00. The Morgan fingerprint density at radius 3 is 2.82 bits per heavy atom. The molecular weight excluding hydrogens is 210 g/mol. The highest BCUT2D eigenvalue weighted by Crippen LogP contribution is 2.02. The molecule has 3 nitrogen and oxygen atoms in total. The number of nitrogens with zero attached hydrogens (tertiary/aromatic N) is 2. The zero-order chi connectivity index (χ0) is 12.5. The van der Waals surface area contributed by atoms with E-state index in [1.807, 2.05) is 44.2 Å². The second kappa shape index (κ2) is 7.17. The quantitative estimate of drug-likeness (QED) is 0.480. The summed E-state index contributed by atoms with van der Waals surface area (Å²) in [7, 11) is 0. The molecule has 0 saturated carbocycles. The van der Waals surface area contributed by atoms with Crippen LogP contribution in [-0.2, 0) is 0 Å². The summed E-state index contributed by atoms with van der Waals surface area (Å²) in [4.78, 5) is 4.29. The Hall–Kier alpha value is -2.16. The summed E-state index contributed by atoms with van der Waals surface area (Å²) in [6.07, 6.45) is 7.06. The van der Waals surface area contributed by atoms with Gasteiger partial charge < -0.3 is 5.84 Å². The molecule has 0 aliphatic carbocycles. The molecule has 0 unspecified atom stereocenters. The van der Waals surface area contributed by atoms with Crippen molar-refractivity contribution in [3.8, 4) is 0 Å². The van der Waals surface area contributed by atoms with Crippen molar-refractivity contribution in [2.75, 3.05) is 0 Å². The number of nitrogens with two attached hydrogens (primary N) is 1. The average molecular weight is 227 g/mol. The Morgan fingerprint density at radius 1 is 1.24 bits per heavy atom. The average Bonchev–Trinajstić information content (AvgIpc) is 2.31. The molecule has 0 fully saturated rings. The first kappa shape index (κ1) is 12.9. The predicted molar refractivity (Wildman–Crippen MR) is 73.1 cm³/mol. The van der Waals surface area contributed by atoms with E-state index in [0.717, 1.165) is 11.3 Å². The molecule has 1 rings (SSSR count). The maximum Gasteiger partial charge on any atom is 0.0465 e. The largest absolute Gasteiger partial charge is 0.323 e. The lowest BCUT2D eigenvalue weighted by atomic mass is 10.2. The minimum absolute atomic E-state index is 0.947. The number of allylic oxidation sites excluding steroid dienone is 1. The summed E-state index contributed by atoms with van der Waals surface area (Å²) < 4.78 is 0. The van der Waals surface area contributed by atoms with Gasteiger partial charge in [0, 0.05) is 18.1 Å². The first-order chi connectivity index (χ1) is 8.22. The van der Waals surface area contributed by atoms with Gasteiger partial charge in [0.05, 0.1) is 0 Å². The minimum Gasteiger partial charge on any atom is -0.323 e. The van der Waals surface area contributed by atoms with Gasteiger partial charge in [0.1, 0.15) is 0 Å². The maximum atomic E-state index is 5.03. The van der Waals surface area contributed by atoms with Crippen LogP contribution in [0.15, 0.2) is 47.7 Å². The van der Waals surface area contributed by atoms with Gasteiger partial charge in [-0.05, 0) is 37.6 Å². The van der Waals surface area contributed by atoms with Crippen molar-refractivity contribution in [3.63, 3.8) is 0 Å². The summed E-state index contributed by atoms with van der Waals surface area (Å²) in [5.41, 5.74) is 3.17. The van der Waals surface area contributed by atoms with Crippen molar-refractivity contribution in [1.82, 2.24) is 4.98 Å². The van der Waals surface area contributed by atoms with E-state index >= 15 is 0 Å². The number of hydrogen-bond donors (Lipinski definition) is 1. The molecule has 0 radical (unpaired) electrons. The lowest BCUT2D eigenvalue weighted by Gasteiger charge is -1.91. The van der Waals surface area contributed by atoms with E-state index in [2.05, 4.69) is 16.2 Å². The van der Waals surface area contributed by atoms with Crippen molar-refractivity contribution >= 4 is 12.3 Å². The van der Waals surface area contributed by atoms with E-state index in [1.54, 1.807) is 18.5 Å². The minimum atomic E-state index is 0.947. The third-order valence-corrected chi connectivity index (χ3v) is 2.10. The van der Waals surface area contributed by atoms with Gasteiger partial charge >= 0.3 is 0 Å². The maximum absolute atomic E-state index is 5.03. The van der Waals surface area contributed by atoms with Crippen LogP contribution in [0.4, 0.5) is 0 Å². The lowest BCUT2D eigenvalue weighted by molar-refractivity contribution is 1.21. The first-order valence-electron chi connectivity index (χ1n) is 5.40. The van der Waals surface area contributed by atoms with Crippen molar-refractivity contribution in [1.29, 1.82) is 0 Å². The van der Waals surface area contributed by atoms with Gasteiger partial charge in [-0.1, -0.05) is 29.8 Å². The second-order valence-electron chi connectivity index (χ2n) is 3.66. The van der Waals surface area contributed by atoms with Crippen molar-refractivity contribution < 1.29 is 0 Å². The van der Waals surface area contributed by atoms with Gasteiger partial charge in [-0.15, -0.1) is 0 Å². The zero-order valence-electron chi connectivity index (χ0n) is 10.2. The summed E-state index contributed by atoms with van der Waals surface area (Å²) in [5.74, 6) is 5.03. The molecule has 0 bridgehead atoms. The fraction of sp³-hybridized carbons (Fsp3) is 0.143. The van der Waals surface area contributed by atoms with Crippen molar-refractivity contribution in [2.45, 2.75) is 13.8 Å². The molecule has 2 N–H and O–H groups in total. The van der Waals surface area contributed by atoms with Gasteiger partial charge in [-0.25, -0.2) is 0 Å². The number of hydrazone groups is 1. The van der Waals surface area contributed by atoms with E-state index in [-0.39, 0.29) is 0 Å². The SMILES string of the molecule is Cc1cccnc(C)cc(/C=C\C=N/N)cc1. The molecule has 1 aromatic heterocycles. The highest BCUT2D eigenvalue weighted by atomic mass is 15.1. The number of rotatable bonds is 2. The van der Waals surface area contributed by atoms with Crippen LogP contribution in [0.1, 0.15) is 16.8 Å². The molecule has 0 amide bonds. The van der Waals surface area contributed by atoms with Crippen LogP contribution in [0.25, 0.3) is 6.08 Å². The van der Waals surface area contributed by atoms with Crippen LogP contribution >= 0.6 is 0 Å². The van der Waals surface area contributed by atoms with Gasteiger partial charge in [0.15, 0.2) is 0 Å². The van der Waals surface area contributed by atoms with E-state index in [1.165, 1.54) is 5.56 Å². The van der Waals surface area contributed by atoms with Crippen LogP contribution in [0.2, 0.25) is 0 Å². The summed E-state index contributed by atoms with van der Waals surface area (Å²) in [6, 6.07) is 10.0. The Bertz CT molecular complexity index is 475. The third-order valence-electron chi connectivity index (χ3n) is 2.10. The van der Waals surface area contributed by atoms with Crippen LogP contribution in [0.3, 0.4) is 0 Å². The van der Waals surface area contributed by atoms with Crippen LogP contribution < -0.4 is 5.84 Å². The number of aryl methyl sites for hydroxylation is 2. The molecule has 1 heterocycles. The Kier molecular flexibility index (Phi) is 5.44. The zero-order valence-corrected chi connectivity index (χ0v) is 10.2. The molecule has 0 atom stereocenters. The van der Waals surface area contributed by atoms with Gasteiger partial charge in [-0.2, -0.15) is 5.10 Å². The van der Waals surface area contributed by atoms with Crippen molar-refractivity contribution in [2.24, 2.45) is 10.9 Å². The van der Waals surface area contributed by atoms with E-state index < -0.39 is 0 Å². The highest BCUT2D eigenvalue weighted by Gasteiger charge is 1.84. The monoisotopic (exact) mass is 227 g/mol. The van der Waals surface area contributed by atoms with Crippen LogP contribution in [-0.4, -0.2) is 11.2 Å². The molecule has 1 aromatic rings. The standard InChI is InChI=1S/C14H17N3/c1-12-5-3-9-16-13(2)11-14(8-7-12)6-4-10-17-15/h3-11H,15H2,1-2H3/b5-3?,6-4-,8-7?,9-3?,12-5?,12-7?,13-11?,14-8?,14-11?,16-9?,16-13?,17-10-. The van der Waals surface area contributed by atoms with E-state index in [0.29, 0.717) is 0 Å². The Morgan fingerprint density at radius 2 is 2.06 bits per heavy atom. The fourth-order valence-corrected chi connectivity index (χ4v) is 1.27. The molecule has 0 spiro atoms. The topological polar surface area (TPSA) is 51.3 Å². The molecule has 88 valence electrons. The second-order valence-corrected chi connectivity index (χ2v) is 3.66. The fourth-order valence-electron chi connectivity index (χ4n) is 1.27. The predicted octanol–water partition coefficient (Wildman–Crippen LogP) is 2.78. The molecule has 0 saturated heterocycles. The van der Waals surface area contributed by atoms with Crippen LogP contribution in [0.5, 0.6) is 0 Å². The molecule has 0 aliphatic heterocycles. The smallest absolute Gasteiger partial charge is 0.0465 e. The third kappa shape index (κ3) is 5.47. The van der Waals surface area contributed by atoms with Gasteiger partial charge in [0.25, 0.3) is 0 Å².